The Morgan fingerprint density at radius 1 is 1.39 bits per heavy atom. The maximum absolute atomic E-state index is 11.9. The molecule has 0 bridgehead atoms. The minimum absolute atomic E-state index is 0.119. The predicted octanol–water partition coefficient (Wildman–Crippen LogP) is 1.52. The number of hydrogen-bond acceptors (Lipinski definition) is 5. The molecule has 120 valence electrons. The van der Waals surface area contributed by atoms with Crippen molar-refractivity contribution in [2.45, 2.75) is 6.42 Å². The first-order valence-corrected chi connectivity index (χ1v) is 7.81. The summed E-state index contributed by atoms with van der Waals surface area (Å²) in [4.78, 5) is 16.1. The number of nitrogens with one attached hydrogen (secondary N) is 3. The van der Waals surface area contributed by atoms with Gasteiger partial charge in [0, 0.05) is 36.1 Å². The summed E-state index contributed by atoms with van der Waals surface area (Å²) in [5.74, 6) is -0.131. The second-order valence-corrected chi connectivity index (χ2v) is 5.73. The highest BCUT2D eigenvalue weighted by atomic mass is 79.9. The second kappa shape index (κ2) is 8.40. The van der Waals surface area contributed by atoms with Crippen LogP contribution >= 0.6 is 15.9 Å². The summed E-state index contributed by atoms with van der Waals surface area (Å²) in [6.45, 7) is -0.0158. The molecule has 1 amide bonds. The quantitative estimate of drug-likeness (QED) is 0.447. The summed E-state index contributed by atoms with van der Waals surface area (Å²) >= 11 is 3.40. The number of allylic oxidation sites excluding steroid dienone is 1. The third kappa shape index (κ3) is 4.87. The lowest BCUT2D eigenvalue weighted by Gasteiger charge is -2.13. The number of carbonyl (C=O) groups excluding carboxylic acids is 1. The zero-order chi connectivity index (χ0) is 16.7. The van der Waals surface area contributed by atoms with E-state index in [4.69, 9.17) is 10.5 Å². The van der Waals surface area contributed by atoms with Gasteiger partial charge in [-0.2, -0.15) is 0 Å². The van der Waals surface area contributed by atoms with Gasteiger partial charge in [0.15, 0.2) is 0 Å². The van der Waals surface area contributed by atoms with E-state index in [1.807, 2.05) is 24.3 Å². The maximum Gasteiger partial charge on any atom is 0.256 e. The molecule has 0 saturated heterocycles. The lowest BCUT2D eigenvalue weighted by molar-refractivity contribution is -0.117. The molecule has 0 atom stereocenters. The number of halogens is 1. The molecule has 6 nitrogen and oxygen atoms in total. The zero-order valence-electron chi connectivity index (χ0n) is 12.3. The van der Waals surface area contributed by atoms with Gasteiger partial charge in [0.2, 0.25) is 0 Å². The molecule has 23 heavy (non-hydrogen) atoms. The van der Waals surface area contributed by atoms with Crippen molar-refractivity contribution < 1.29 is 9.90 Å². The van der Waals surface area contributed by atoms with Gasteiger partial charge < -0.3 is 21.1 Å². The smallest absolute Gasteiger partial charge is 0.256 e. The number of rotatable bonds is 6. The van der Waals surface area contributed by atoms with E-state index in [9.17, 15) is 4.79 Å². The molecule has 0 saturated carbocycles. The molecule has 0 unspecified atom stereocenters. The molecule has 4 N–H and O–H groups in total. The van der Waals surface area contributed by atoms with Gasteiger partial charge in [-0.05, 0) is 23.3 Å². The van der Waals surface area contributed by atoms with Gasteiger partial charge in [-0.15, -0.1) is 0 Å². The molecule has 1 aromatic rings. The number of amides is 1. The van der Waals surface area contributed by atoms with Crippen LogP contribution in [0, 0.1) is 5.41 Å². The molecule has 0 fully saturated rings. The summed E-state index contributed by atoms with van der Waals surface area (Å²) in [6, 6.07) is 8.01. The van der Waals surface area contributed by atoms with Crippen molar-refractivity contribution in [1.82, 2.24) is 10.6 Å². The summed E-state index contributed by atoms with van der Waals surface area (Å²) < 4.78 is 1.03. The third-order valence-corrected chi connectivity index (χ3v) is 3.65. The fraction of sp³-hybridized carbons (Fsp3) is 0.188. The van der Waals surface area contributed by atoms with Crippen LogP contribution in [-0.2, 0) is 11.2 Å². The van der Waals surface area contributed by atoms with Gasteiger partial charge in [-0.1, -0.05) is 28.1 Å². The average Bonchev–Trinajstić information content (AvgIpc) is 2.57. The highest BCUT2D eigenvalue weighted by molar-refractivity contribution is 9.10. The van der Waals surface area contributed by atoms with Gasteiger partial charge in [0.25, 0.3) is 5.91 Å². The van der Waals surface area contributed by atoms with Crippen molar-refractivity contribution in [2.24, 2.45) is 4.99 Å². The van der Waals surface area contributed by atoms with Crippen LogP contribution in [0.1, 0.15) is 5.56 Å². The molecule has 0 radical (unpaired) electrons. The zero-order valence-corrected chi connectivity index (χ0v) is 13.9. The summed E-state index contributed by atoms with van der Waals surface area (Å²) in [6.07, 6.45) is 5.11. The Morgan fingerprint density at radius 3 is 2.70 bits per heavy atom. The molecule has 0 spiro atoms. The fourth-order valence-electron chi connectivity index (χ4n) is 1.97. The standard InChI is InChI=1S/C16H17BrN4O2/c17-13-3-1-11(2-4-13)7-12-9-20-15(21-10-12)14(8-18)16(23)19-5-6-22/h1-4,8-10,18,20,22H,5-7H2,(H,19,23)/b15-14-,18-8?. The lowest BCUT2D eigenvalue weighted by atomic mass is 10.1. The Morgan fingerprint density at radius 2 is 2.13 bits per heavy atom. The van der Waals surface area contributed by atoms with E-state index >= 15 is 0 Å². The van der Waals surface area contributed by atoms with Gasteiger partial charge >= 0.3 is 0 Å². The molecule has 2 rings (SSSR count). The SMILES string of the molecule is N=C/C(C(=O)NCCO)=C1/N=CC(Cc2ccc(Br)cc2)=CN1. The Balaban J connectivity index is 2.05. The van der Waals surface area contributed by atoms with E-state index in [1.165, 1.54) is 0 Å². The van der Waals surface area contributed by atoms with Crippen LogP contribution in [0.5, 0.6) is 0 Å². The fourth-order valence-corrected chi connectivity index (χ4v) is 2.24. The highest BCUT2D eigenvalue weighted by Gasteiger charge is 2.14. The molecule has 0 aromatic heterocycles. The minimum Gasteiger partial charge on any atom is -0.395 e. The number of nitrogens with zero attached hydrogens (tertiary/aromatic N) is 1. The molecule has 1 aromatic carbocycles. The molecule has 7 heteroatoms. The number of aliphatic hydroxyl groups is 1. The van der Waals surface area contributed by atoms with E-state index in [2.05, 4.69) is 31.6 Å². The first-order chi connectivity index (χ1) is 11.1. The van der Waals surface area contributed by atoms with Crippen molar-refractivity contribution in [3.63, 3.8) is 0 Å². The molecule has 1 aliphatic heterocycles. The summed E-state index contributed by atoms with van der Waals surface area (Å²) in [5.41, 5.74) is 2.23. The van der Waals surface area contributed by atoms with E-state index in [0.29, 0.717) is 12.2 Å². The average molecular weight is 377 g/mol. The second-order valence-electron chi connectivity index (χ2n) is 4.81. The Kier molecular flexibility index (Phi) is 6.25. The third-order valence-electron chi connectivity index (χ3n) is 3.12. The van der Waals surface area contributed by atoms with Crippen molar-refractivity contribution in [1.29, 1.82) is 5.41 Å². The van der Waals surface area contributed by atoms with Gasteiger partial charge in [0.1, 0.15) is 5.82 Å². The van der Waals surface area contributed by atoms with Crippen molar-refractivity contribution in [2.75, 3.05) is 13.2 Å². The Bertz CT molecular complexity index is 678. The molecule has 1 aliphatic rings. The normalized spacial score (nSPS) is 15.5. The first-order valence-electron chi connectivity index (χ1n) is 7.02. The topological polar surface area (TPSA) is 97.6 Å². The van der Waals surface area contributed by atoms with Crippen LogP contribution in [0.3, 0.4) is 0 Å². The number of hydrogen-bond donors (Lipinski definition) is 4. The van der Waals surface area contributed by atoms with Gasteiger partial charge in [-0.3, -0.25) is 4.79 Å². The Hall–Kier alpha value is -2.25. The number of benzene rings is 1. The predicted molar refractivity (Wildman–Crippen MR) is 93.5 cm³/mol. The lowest BCUT2D eigenvalue weighted by Crippen LogP contribution is -2.30. The van der Waals surface area contributed by atoms with E-state index < -0.39 is 5.91 Å². The van der Waals surface area contributed by atoms with E-state index in [0.717, 1.165) is 21.8 Å². The van der Waals surface area contributed by atoms with Crippen LogP contribution < -0.4 is 10.6 Å². The number of carbonyl (C=O) groups is 1. The largest absolute Gasteiger partial charge is 0.395 e. The van der Waals surface area contributed by atoms with E-state index in [1.54, 1.807) is 12.4 Å². The summed E-state index contributed by atoms with van der Waals surface area (Å²) in [5, 5.41) is 21.5. The summed E-state index contributed by atoms with van der Waals surface area (Å²) in [7, 11) is 0. The van der Waals surface area contributed by atoms with Crippen LogP contribution in [0.4, 0.5) is 0 Å². The van der Waals surface area contributed by atoms with Gasteiger partial charge in [0.05, 0.1) is 12.2 Å². The van der Waals surface area contributed by atoms with Crippen LogP contribution in [0.15, 0.2) is 56.9 Å². The number of aliphatic imine (C=N–C) groups is 1. The highest BCUT2D eigenvalue weighted by Crippen LogP contribution is 2.15. The van der Waals surface area contributed by atoms with Gasteiger partial charge in [-0.25, -0.2) is 4.99 Å². The minimum atomic E-state index is -0.446. The number of aliphatic hydroxyl groups excluding tert-OH is 1. The molecule has 0 aliphatic carbocycles. The Labute approximate surface area is 142 Å². The first kappa shape index (κ1) is 17.1. The van der Waals surface area contributed by atoms with Crippen molar-refractivity contribution in [3.05, 3.63) is 57.5 Å². The molecular weight excluding hydrogens is 360 g/mol. The van der Waals surface area contributed by atoms with Crippen molar-refractivity contribution >= 4 is 34.3 Å². The van der Waals surface area contributed by atoms with E-state index in [-0.39, 0.29) is 18.7 Å². The van der Waals surface area contributed by atoms with Crippen LogP contribution in [0.25, 0.3) is 0 Å². The van der Waals surface area contributed by atoms with Crippen LogP contribution in [0.2, 0.25) is 0 Å². The monoisotopic (exact) mass is 376 g/mol. The molecular formula is C16H17BrN4O2. The maximum atomic E-state index is 11.9. The van der Waals surface area contributed by atoms with Crippen LogP contribution in [-0.4, -0.2) is 36.6 Å². The van der Waals surface area contributed by atoms with Crippen molar-refractivity contribution in [3.8, 4) is 0 Å². The molecule has 1 heterocycles.